The summed E-state index contributed by atoms with van der Waals surface area (Å²) in [4.78, 5) is 36.5. The Hall–Kier alpha value is -1.93. The zero-order valence-corrected chi connectivity index (χ0v) is 15.1. The number of nitrogens with one attached hydrogen (secondary N) is 2. The predicted octanol–water partition coefficient (Wildman–Crippen LogP) is 1.56. The fourth-order valence-corrected chi connectivity index (χ4v) is 3.65. The van der Waals surface area contributed by atoms with Crippen LogP contribution in [0, 0.1) is 0 Å². The molecule has 0 aliphatic carbocycles. The van der Waals surface area contributed by atoms with E-state index in [0.29, 0.717) is 23.9 Å². The van der Waals surface area contributed by atoms with E-state index < -0.39 is 12.0 Å². The van der Waals surface area contributed by atoms with Crippen molar-refractivity contribution in [2.75, 3.05) is 24.6 Å². The van der Waals surface area contributed by atoms with Crippen LogP contribution in [0.4, 0.5) is 4.79 Å². The number of aliphatic carboxylic acids is 1. The number of thioether (sulfide) groups is 1. The molecule has 0 aromatic heterocycles. The van der Waals surface area contributed by atoms with Gasteiger partial charge in [-0.25, -0.2) is 4.79 Å². The third-order valence-corrected chi connectivity index (χ3v) is 5.07. The minimum Gasteiger partial charge on any atom is -0.481 e. The van der Waals surface area contributed by atoms with Crippen molar-refractivity contribution in [3.63, 3.8) is 0 Å². The van der Waals surface area contributed by atoms with Crippen LogP contribution in [-0.2, 0) is 16.1 Å². The molecule has 1 aliphatic heterocycles. The Morgan fingerprint density at radius 3 is 2.64 bits per heavy atom. The van der Waals surface area contributed by atoms with Gasteiger partial charge in [0.25, 0.3) is 0 Å². The lowest BCUT2D eigenvalue weighted by Crippen LogP contribution is -2.51. The molecule has 1 aromatic carbocycles. The second-order valence-electron chi connectivity index (χ2n) is 5.58. The molecule has 1 saturated heterocycles. The van der Waals surface area contributed by atoms with Crippen molar-refractivity contribution in [1.29, 1.82) is 0 Å². The van der Waals surface area contributed by atoms with Crippen LogP contribution in [0.3, 0.4) is 0 Å². The molecule has 7 nitrogen and oxygen atoms in total. The van der Waals surface area contributed by atoms with Crippen molar-refractivity contribution < 1.29 is 19.5 Å². The minimum absolute atomic E-state index is 0.0818. The number of halogens is 1. The molecule has 1 heterocycles. The number of carboxylic acids is 1. The first-order valence-electron chi connectivity index (χ1n) is 7.81. The van der Waals surface area contributed by atoms with Gasteiger partial charge in [0.15, 0.2) is 0 Å². The molecule has 3 N–H and O–H groups in total. The smallest absolute Gasteiger partial charge is 0.315 e. The number of nitrogens with zero attached hydrogens (tertiary/aromatic N) is 1. The molecule has 0 radical (unpaired) electrons. The second-order valence-corrected chi connectivity index (χ2v) is 7.16. The Labute approximate surface area is 155 Å². The van der Waals surface area contributed by atoms with Gasteiger partial charge in [-0.2, -0.15) is 11.8 Å². The van der Waals surface area contributed by atoms with Crippen molar-refractivity contribution in [1.82, 2.24) is 15.5 Å². The quantitative estimate of drug-likeness (QED) is 0.690. The number of carbonyl (C=O) groups is 3. The maximum atomic E-state index is 12.3. The molecule has 1 aliphatic rings. The lowest BCUT2D eigenvalue weighted by Gasteiger charge is -2.34. The van der Waals surface area contributed by atoms with E-state index >= 15 is 0 Å². The maximum absolute atomic E-state index is 12.3. The summed E-state index contributed by atoms with van der Waals surface area (Å²) >= 11 is 7.43. The summed E-state index contributed by atoms with van der Waals surface area (Å²) < 4.78 is 0. The molecule has 1 unspecified atom stereocenters. The monoisotopic (exact) mass is 385 g/mol. The molecule has 1 fully saturated rings. The molecule has 25 heavy (non-hydrogen) atoms. The lowest BCUT2D eigenvalue weighted by atomic mass is 10.2. The Morgan fingerprint density at radius 1 is 1.24 bits per heavy atom. The van der Waals surface area contributed by atoms with Crippen LogP contribution < -0.4 is 10.6 Å². The van der Waals surface area contributed by atoms with Gasteiger partial charge >= 0.3 is 12.0 Å². The highest BCUT2D eigenvalue weighted by atomic mass is 35.5. The van der Waals surface area contributed by atoms with Gasteiger partial charge in [-0.05, 0) is 17.7 Å². The van der Waals surface area contributed by atoms with Crippen LogP contribution in [0.5, 0.6) is 0 Å². The van der Waals surface area contributed by atoms with E-state index in [9.17, 15) is 14.4 Å². The zero-order valence-electron chi connectivity index (χ0n) is 13.5. The van der Waals surface area contributed by atoms with Crippen LogP contribution in [0.2, 0.25) is 5.02 Å². The minimum atomic E-state index is -0.932. The van der Waals surface area contributed by atoms with Crippen LogP contribution in [-0.4, -0.2) is 58.6 Å². The molecule has 0 spiro atoms. The average Bonchev–Trinajstić information content (AvgIpc) is 2.59. The van der Waals surface area contributed by atoms with Crippen molar-refractivity contribution in [3.8, 4) is 0 Å². The molecular formula is C16H20ClN3O4S. The third-order valence-electron chi connectivity index (χ3n) is 3.72. The highest BCUT2D eigenvalue weighted by molar-refractivity contribution is 7.99. The summed E-state index contributed by atoms with van der Waals surface area (Å²) in [5.41, 5.74) is 0.889. The van der Waals surface area contributed by atoms with Gasteiger partial charge in [0.1, 0.15) is 0 Å². The van der Waals surface area contributed by atoms with Crippen LogP contribution in [0.15, 0.2) is 24.3 Å². The molecule has 9 heteroatoms. The summed E-state index contributed by atoms with van der Waals surface area (Å²) in [7, 11) is 0. The summed E-state index contributed by atoms with van der Waals surface area (Å²) in [6, 6.07) is 6.28. The van der Waals surface area contributed by atoms with Gasteiger partial charge in [-0.15, -0.1) is 0 Å². The van der Waals surface area contributed by atoms with Crippen molar-refractivity contribution in [2.24, 2.45) is 0 Å². The number of amides is 3. The fourth-order valence-electron chi connectivity index (χ4n) is 2.46. The third kappa shape index (κ3) is 6.47. The lowest BCUT2D eigenvalue weighted by molar-refractivity contribution is -0.140. The van der Waals surface area contributed by atoms with Crippen LogP contribution in [0.1, 0.15) is 12.0 Å². The molecule has 0 bridgehead atoms. The largest absolute Gasteiger partial charge is 0.481 e. The summed E-state index contributed by atoms with van der Waals surface area (Å²) in [6.45, 7) is 0.655. The normalized spacial score (nSPS) is 17.0. The fraction of sp³-hybridized carbons (Fsp3) is 0.438. The van der Waals surface area contributed by atoms with E-state index in [0.717, 1.165) is 11.3 Å². The summed E-state index contributed by atoms with van der Waals surface area (Å²) in [6.07, 6.45) is -0.0818. The van der Waals surface area contributed by atoms with Gasteiger partial charge in [-0.1, -0.05) is 23.7 Å². The van der Waals surface area contributed by atoms with Gasteiger partial charge in [-0.3, -0.25) is 9.59 Å². The second kappa shape index (κ2) is 9.53. The molecule has 2 rings (SSSR count). The molecular weight excluding hydrogens is 366 g/mol. The highest BCUT2D eigenvalue weighted by Crippen LogP contribution is 2.19. The number of urea groups is 1. The van der Waals surface area contributed by atoms with E-state index in [4.69, 9.17) is 16.7 Å². The molecule has 3 amide bonds. The van der Waals surface area contributed by atoms with E-state index in [1.807, 2.05) is 0 Å². The number of carboxylic acid groups (broad SMARTS) is 1. The number of hydrogen-bond donors (Lipinski definition) is 3. The van der Waals surface area contributed by atoms with Gasteiger partial charge in [0, 0.05) is 29.6 Å². The number of carbonyl (C=O) groups excluding carboxylic acids is 2. The Kier molecular flexibility index (Phi) is 7.39. The zero-order chi connectivity index (χ0) is 18.2. The van der Waals surface area contributed by atoms with Crippen LogP contribution in [0.25, 0.3) is 0 Å². The standard InChI is InChI=1S/C16H20ClN3O4S/c17-12-3-1-11(2-4-12)8-18-16(24)19-9-14(21)20-5-6-25-10-13(20)7-15(22)23/h1-4,13H,5-10H2,(H,22,23)(H2,18,19,24). The van der Waals surface area contributed by atoms with E-state index in [-0.39, 0.29) is 24.9 Å². The first-order chi connectivity index (χ1) is 12.0. The SMILES string of the molecule is O=C(O)CC1CSCCN1C(=O)CNC(=O)NCc1ccc(Cl)cc1. The van der Waals surface area contributed by atoms with Gasteiger partial charge in [0.2, 0.25) is 5.91 Å². The van der Waals surface area contributed by atoms with Crippen molar-refractivity contribution in [2.45, 2.75) is 19.0 Å². The summed E-state index contributed by atoms with van der Waals surface area (Å²) in [5.74, 6) is 0.165. The topological polar surface area (TPSA) is 98.7 Å². The Bertz CT molecular complexity index is 626. The van der Waals surface area contributed by atoms with E-state index in [1.54, 1.807) is 40.9 Å². The Morgan fingerprint density at radius 2 is 1.96 bits per heavy atom. The number of rotatable bonds is 6. The number of benzene rings is 1. The summed E-state index contributed by atoms with van der Waals surface area (Å²) in [5, 5.41) is 14.7. The number of hydrogen-bond acceptors (Lipinski definition) is 4. The molecule has 0 saturated carbocycles. The van der Waals surface area contributed by atoms with Crippen molar-refractivity contribution >= 4 is 41.3 Å². The van der Waals surface area contributed by atoms with E-state index in [1.165, 1.54) is 0 Å². The Balaban J connectivity index is 1.76. The molecule has 1 aromatic rings. The average molecular weight is 386 g/mol. The van der Waals surface area contributed by atoms with Gasteiger partial charge < -0.3 is 20.6 Å². The van der Waals surface area contributed by atoms with Gasteiger partial charge in [0.05, 0.1) is 19.0 Å². The maximum Gasteiger partial charge on any atom is 0.315 e. The van der Waals surface area contributed by atoms with Crippen LogP contribution >= 0.6 is 23.4 Å². The highest BCUT2D eigenvalue weighted by Gasteiger charge is 2.28. The predicted molar refractivity (Wildman–Crippen MR) is 96.8 cm³/mol. The van der Waals surface area contributed by atoms with Crippen molar-refractivity contribution in [3.05, 3.63) is 34.9 Å². The van der Waals surface area contributed by atoms with E-state index in [2.05, 4.69) is 10.6 Å². The first-order valence-corrected chi connectivity index (χ1v) is 9.34. The first kappa shape index (κ1) is 19.4. The molecule has 1 atom stereocenters. The molecule has 136 valence electrons.